The van der Waals surface area contributed by atoms with Crippen LogP contribution >= 0.6 is 0 Å². The summed E-state index contributed by atoms with van der Waals surface area (Å²) in [5.74, 6) is 1.41. The van der Waals surface area contributed by atoms with Crippen LogP contribution in [0.5, 0.6) is 17.2 Å². The third-order valence-corrected chi connectivity index (χ3v) is 3.92. The van der Waals surface area contributed by atoms with Gasteiger partial charge < -0.3 is 20.1 Å². The van der Waals surface area contributed by atoms with E-state index in [0.29, 0.717) is 29.3 Å². The number of ether oxygens (including phenoxy) is 2. The van der Waals surface area contributed by atoms with E-state index in [9.17, 15) is 9.59 Å². The molecule has 2 N–H and O–H groups in total. The van der Waals surface area contributed by atoms with Gasteiger partial charge in [0.2, 0.25) is 0 Å². The van der Waals surface area contributed by atoms with Gasteiger partial charge in [0.15, 0.2) is 6.61 Å². The van der Waals surface area contributed by atoms with E-state index in [1.165, 1.54) is 0 Å². The Kier molecular flexibility index (Phi) is 6.84. The lowest BCUT2D eigenvalue weighted by Gasteiger charge is -2.10. The minimum Gasteiger partial charge on any atom is -0.484 e. The number of para-hydroxylation sites is 1. The fraction of sp³-hybridized carbons (Fsp3) is 0.130. The van der Waals surface area contributed by atoms with Gasteiger partial charge in [0.1, 0.15) is 17.2 Å². The number of anilines is 1. The molecule has 0 atom stereocenters. The summed E-state index contributed by atoms with van der Waals surface area (Å²) in [5, 5.41) is 5.50. The molecule has 148 valence electrons. The first-order valence-corrected chi connectivity index (χ1v) is 9.28. The number of benzene rings is 3. The van der Waals surface area contributed by atoms with E-state index in [-0.39, 0.29) is 18.4 Å². The molecule has 0 saturated heterocycles. The van der Waals surface area contributed by atoms with Crippen molar-refractivity contribution in [2.45, 2.75) is 6.92 Å². The van der Waals surface area contributed by atoms with Crippen LogP contribution in [0.1, 0.15) is 17.3 Å². The van der Waals surface area contributed by atoms with E-state index >= 15 is 0 Å². The maximum absolute atomic E-state index is 12.2. The zero-order chi connectivity index (χ0) is 20.5. The van der Waals surface area contributed by atoms with Gasteiger partial charge in [0, 0.05) is 23.9 Å². The largest absolute Gasteiger partial charge is 0.484 e. The summed E-state index contributed by atoms with van der Waals surface area (Å²) in [7, 11) is 0. The van der Waals surface area contributed by atoms with E-state index in [0.717, 1.165) is 5.75 Å². The zero-order valence-electron chi connectivity index (χ0n) is 16.1. The van der Waals surface area contributed by atoms with E-state index in [1.807, 2.05) is 43.3 Å². The van der Waals surface area contributed by atoms with Gasteiger partial charge in [-0.2, -0.15) is 0 Å². The second kappa shape index (κ2) is 9.94. The van der Waals surface area contributed by atoms with E-state index in [1.54, 1.807) is 42.5 Å². The standard InChI is InChI=1S/C23H22N2O4/c1-2-24-23(27)17-11-13-19(14-12-17)28-16-22(26)25-18-7-6-10-21(15-18)29-20-8-4-3-5-9-20/h3-15H,2,16H2,1H3,(H,24,27)(H,25,26). The first kappa shape index (κ1) is 19.9. The van der Waals surface area contributed by atoms with E-state index in [2.05, 4.69) is 10.6 Å². The molecule has 2 amide bonds. The van der Waals surface area contributed by atoms with Gasteiger partial charge in [-0.05, 0) is 55.5 Å². The second-order valence-electron chi connectivity index (χ2n) is 6.16. The molecule has 0 aliphatic heterocycles. The van der Waals surface area contributed by atoms with E-state index in [4.69, 9.17) is 9.47 Å². The Balaban J connectivity index is 1.52. The van der Waals surface area contributed by atoms with Crippen molar-refractivity contribution in [3.05, 3.63) is 84.4 Å². The number of carbonyl (C=O) groups is 2. The SMILES string of the molecule is CCNC(=O)c1ccc(OCC(=O)Nc2cccc(Oc3ccccc3)c2)cc1. The minimum atomic E-state index is -0.297. The normalized spacial score (nSPS) is 10.1. The van der Waals surface area contributed by atoms with Gasteiger partial charge in [0.05, 0.1) is 0 Å². The lowest BCUT2D eigenvalue weighted by atomic mass is 10.2. The van der Waals surface area contributed by atoms with Crippen molar-refractivity contribution in [2.24, 2.45) is 0 Å². The smallest absolute Gasteiger partial charge is 0.262 e. The highest BCUT2D eigenvalue weighted by molar-refractivity contribution is 5.94. The molecule has 0 aromatic heterocycles. The molecule has 0 aliphatic carbocycles. The summed E-state index contributed by atoms with van der Waals surface area (Å²) in [4.78, 5) is 23.9. The average molecular weight is 390 g/mol. The Labute approximate surface area is 169 Å². The summed E-state index contributed by atoms with van der Waals surface area (Å²) in [6, 6.07) is 23.2. The molecule has 0 bridgehead atoms. The van der Waals surface area contributed by atoms with Crippen molar-refractivity contribution in [2.75, 3.05) is 18.5 Å². The number of amides is 2. The Bertz CT molecular complexity index is 956. The van der Waals surface area contributed by atoms with Crippen LogP contribution < -0.4 is 20.1 Å². The molecular weight excluding hydrogens is 368 g/mol. The summed E-state index contributed by atoms with van der Waals surface area (Å²) in [6.07, 6.45) is 0. The molecule has 3 rings (SSSR count). The molecule has 0 fully saturated rings. The van der Waals surface area contributed by atoms with Crippen molar-refractivity contribution in [1.82, 2.24) is 5.32 Å². The summed E-state index contributed by atoms with van der Waals surface area (Å²) in [6.45, 7) is 2.27. The minimum absolute atomic E-state index is 0.144. The third kappa shape index (κ3) is 6.10. The second-order valence-corrected chi connectivity index (χ2v) is 6.16. The highest BCUT2D eigenvalue weighted by Gasteiger charge is 2.07. The van der Waals surface area contributed by atoms with Gasteiger partial charge in [0.25, 0.3) is 11.8 Å². The Morgan fingerprint density at radius 3 is 2.28 bits per heavy atom. The molecule has 29 heavy (non-hydrogen) atoms. The van der Waals surface area contributed by atoms with Gasteiger partial charge in [-0.1, -0.05) is 24.3 Å². The van der Waals surface area contributed by atoms with Crippen molar-refractivity contribution in [3.63, 3.8) is 0 Å². The monoisotopic (exact) mass is 390 g/mol. The van der Waals surface area contributed by atoms with Crippen LogP contribution in [0.25, 0.3) is 0 Å². The molecule has 0 radical (unpaired) electrons. The summed E-state index contributed by atoms with van der Waals surface area (Å²) >= 11 is 0. The molecule has 3 aromatic rings. The number of hydrogen-bond acceptors (Lipinski definition) is 4. The maximum Gasteiger partial charge on any atom is 0.262 e. The first-order chi connectivity index (χ1) is 14.1. The van der Waals surface area contributed by atoms with Crippen LogP contribution in [0.3, 0.4) is 0 Å². The Morgan fingerprint density at radius 1 is 0.828 bits per heavy atom. The Hall–Kier alpha value is -3.80. The van der Waals surface area contributed by atoms with E-state index < -0.39 is 0 Å². The molecule has 0 heterocycles. The van der Waals surface area contributed by atoms with Crippen molar-refractivity contribution in [3.8, 4) is 17.2 Å². The maximum atomic E-state index is 12.2. The number of rotatable bonds is 8. The van der Waals surface area contributed by atoms with Crippen LogP contribution in [-0.4, -0.2) is 25.0 Å². The van der Waals surface area contributed by atoms with Crippen molar-refractivity contribution in [1.29, 1.82) is 0 Å². The molecule has 0 saturated carbocycles. The topological polar surface area (TPSA) is 76.7 Å². The fourth-order valence-electron chi connectivity index (χ4n) is 2.57. The molecule has 6 nitrogen and oxygen atoms in total. The lowest BCUT2D eigenvalue weighted by molar-refractivity contribution is -0.118. The Morgan fingerprint density at radius 2 is 1.55 bits per heavy atom. The summed E-state index contributed by atoms with van der Waals surface area (Å²) in [5.41, 5.74) is 1.15. The first-order valence-electron chi connectivity index (χ1n) is 9.28. The van der Waals surface area contributed by atoms with Crippen LogP contribution in [0.4, 0.5) is 5.69 Å². The molecule has 0 aliphatic rings. The summed E-state index contributed by atoms with van der Waals surface area (Å²) < 4.78 is 11.2. The van der Waals surface area contributed by atoms with Gasteiger partial charge in [-0.15, -0.1) is 0 Å². The number of hydrogen-bond donors (Lipinski definition) is 2. The van der Waals surface area contributed by atoms with Crippen LogP contribution in [0, 0.1) is 0 Å². The zero-order valence-corrected chi connectivity index (χ0v) is 16.1. The molecule has 3 aromatic carbocycles. The highest BCUT2D eigenvalue weighted by Crippen LogP contribution is 2.23. The quantitative estimate of drug-likeness (QED) is 0.603. The molecule has 0 unspecified atom stereocenters. The molecule has 0 spiro atoms. The van der Waals surface area contributed by atoms with Gasteiger partial charge in [-0.25, -0.2) is 0 Å². The van der Waals surface area contributed by atoms with Crippen LogP contribution in [0.15, 0.2) is 78.9 Å². The number of carbonyl (C=O) groups excluding carboxylic acids is 2. The van der Waals surface area contributed by atoms with Crippen molar-refractivity contribution < 1.29 is 19.1 Å². The predicted molar refractivity (Wildman–Crippen MR) is 112 cm³/mol. The lowest BCUT2D eigenvalue weighted by Crippen LogP contribution is -2.22. The van der Waals surface area contributed by atoms with Gasteiger partial charge in [-0.3, -0.25) is 9.59 Å². The van der Waals surface area contributed by atoms with Gasteiger partial charge >= 0.3 is 0 Å². The van der Waals surface area contributed by atoms with Crippen LogP contribution in [-0.2, 0) is 4.79 Å². The molecule has 6 heteroatoms. The van der Waals surface area contributed by atoms with Crippen molar-refractivity contribution >= 4 is 17.5 Å². The third-order valence-electron chi connectivity index (χ3n) is 3.92. The fourth-order valence-corrected chi connectivity index (χ4v) is 2.57. The highest BCUT2D eigenvalue weighted by atomic mass is 16.5. The number of nitrogens with one attached hydrogen (secondary N) is 2. The predicted octanol–water partition coefficient (Wildman–Crippen LogP) is 4.25. The van der Waals surface area contributed by atoms with Crippen LogP contribution in [0.2, 0.25) is 0 Å². The molecular formula is C23H22N2O4. The average Bonchev–Trinajstić information content (AvgIpc) is 2.74.